The van der Waals surface area contributed by atoms with Crippen molar-refractivity contribution >= 4 is 23.3 Å². The Morgan fingerprint density at radius 1 is 1.22 bits per heavy atom. The average Bonchev–Trinajstić information content (AvgIpc) is 3.15. The average molecular weight is 514 g/mol. The Hall–Kier alpha value is -2.44. The molecular weight excluding hydrogens is 478 g/mol. The number of aliphatic hydroxyl groups is 1. The topological polar surface area (TPSA) is 77.0 Å². The van der Waals surface area contributed by atoms with E-state index in [9.17, 15) is 9.90 Å². The van der Waals surface area contributed by atoms with Crippen molar-refractivity contribution in [2.75, 3.05) is 25.6 Å². The molecule has 1 heterocycles. The highest BCUT2D eigenvalue weighted by atomic mass is 35.5. The molecule has 1 saturated carbocycles. The molecule has 0 saturated heterocycles. The lowest BCUT2D eigenvalue weighted by molar-refractivity contribution is -0.148. The Bertz CT molecular complexity index is 1130. The molecule has 0 aromatic heterocycles. The zero-order valence-corrected chi connectivity index (χ0v) is 22.1. The van der Waals surface area contributed by atoms with Crippen LogP contribution < -0.4 is 14.8 Å². The van der Waals surface area contributed by atoms with Crippen LogP contribution in [0.25, 0.3) is 0 Å². The first-order chi connectivity index (χ1) is 17.3. The highest BCUT2D eigenvalue weighted by Crippen LogP contribution is 2.58. The van der Waals surface area contributed by atoms with Gasteiger partial charge in [-0.3, -0.25) is 0 Å². The van der Waals surface area contributed by atoms with E-state index < -0.39 is 5.54 Å². The summed E-state index contributed by atoms with van der Waals surface area (Å²) in [4.78, 5) is 13.2. The summed E-state index contributed by atoms with van der Waals surface area (Å²) >= 11 is 6.23. The number of halogens is 1. The molecule has 0 bridgehead atoms. The summed E-state index contributed by atoms with van der Waals surface area (Å²) in [7, 11) is 1.45. The van der Waals surface area contributed by atoms with E-state index in [0.717, 1.165) is 42.9 Å². The van der Waals surface area contributed by atoms with Crippen molar-refractivity contribution in [1.82, 2.24) is 0 Å². The van der Waals surface area contributed by atoms with Crippen LogP contribution >= 0.6 is 11.6 Å². The van der Waals surface area contributed by atoms with Gasteiger partial charge in [0.05, 0.1) is 7.11 Å². The monoisotopic (exact) mass is 513 g/mol. The smallest absolute Gasteiger partial charge is 0.331 e. The van der Waals surface area contributed by atoms with Crippen molar-refractivity contribution in [1.29, 1.82) is 0 Å². The predicted molar refractivity (Wildman–Crippen MR) is 140 cm³/mol. The Morgan fingerprint density at radius 3 is 2.69 bits per heavy atom. The minimum absolute atomic E-state index is 0.0123. The molecule has 1 fully saturated rings. The molecule has 2 aliphatic carbocycles. The molecule has 5 rings (SSSR count). The van der Waals surface area contributed by atoms with Gasteiger partial charge in [0.15, 0.2) is 11.5 Å². The first-order valence-corrected chi connectivity index (χ1v) is 13.4. The molecule has 3 atom stereocenters. The summed E-state index contributed by atoms with van der Waals surface area (Å²) in [6.07, 6.45) is 4.83. The summed E-state index contributed by atoms with van der Waals surface area (Å²) in [5.74, 6) is 1.97. The first kappa shape index (κ1) is 25.2. The summed E-state index contributed by atoms with van der Waals surface area (Å²) in [5, 5.41) is 14.0. The number of carbonyl (C=O) groups excluding carboxylic acids is 1. The summed E-state index contributed by atoms with van der Waals surface area (Å²) in [6, 6.07) is 11.8. The fraction of sp³-hybridized carbons (Fsp3) is 0.552. The Morgan fingerprint density at radius 2 is 2.00 bits per heavy atom. The molecule has 6 nitrogen and oxygen atoms in total. The summed E-state index contributed by atoms with van der Waals surface area (Å²) in [5.41, 5.74) is 2.52. The second-order valence-corrected chi connectivity index (χ2v) is 11.4. The number of hydrogen-bond donors (Lipinski definition) is 2. The molecule has 0 unspecified atom stereocenters. The van der Waals surface area contributed by atoms with E-state index in [1.807, 2.05) is 31.2 Å². The van der Waals surface area contributed by atoms with E-state index in [1.165, 1.54) is 18.2 Å². The number of hydrogen-bond acceptors (Lipinski definition) is 6. The molecule has 1 spiro atoms. The second kappa shape index (κ2) is 9.79. The molecule has 1 aliphatic heterocycles. The second-order valence-electron chi connectivity index (χ2n) is 11.0. The number of anilines is 1. The lowest BCUT2D eigenvalue weighted by Gasteiger charge is -2.48. The van der Waals surface area contributed by atoms with E-state index >= 15 is 0 Å². The van der Waals surface area contributed by atoms with Crippen molar-refractivity contribution in [3.63, 3.8) is 0 Å². The molecule has 3 aliphatic rings. The van der Waals surface area contributed by atoms with E-state index in [2.05, 4.69) is 24.4 Å². The Balaban J connectivity index is 1.50. The van der Waals surface area contributed by atoms with Crippen LogP contribution in [0.1, 0.15) is 57.1 Å². The normalized spacial score (nSPS) is 29.5. The maximum Gasteiger partial charge on any atom is 0.331 e. The molecule has 36 heavy (non-hydrogen) atoms. The van der Waals surface area contributed by atoms with Crippen molar-refractivity contribution in [2.45, 2.75) is 69.4 Å². The van der Waals surface area contributed by atoms with Crippen molar-refractivity contribution in [3.8, 4) is 11.5 Å². The van der Waals surface area contributed by atoms with Gasteiger partial charge >= 0.3 is 5.97 Å². The van der Waals surface area contributed by atoms with Crippen LogP contribution in [0.15, 0.2) is 36.4 Å². The first-order valence-electron chi connectivity index (χ1n) is 13.0. The van der Waals surface area contributed by atoms with E-state index in [0.29, 0.717) is 30.4 Å². The Labute approximate surface area is 218 Å². The summed E-state index contributed by atoms with van der Waals surface area (Å²) < 4.78 is 17.4. The molecular formula is C29H36ClNO5. The van der Waals surface area contributed by atoms with Crippen LogP contribution in [0, 0.1) is 11.8 Å². The molecule has 2 aromatic carbocycles. The standard InChI is InChI=1S/C29H36ClNO5/c1-18(16-32)11-21-12-20-13-25-26(36-19(2)17-35-25)15-24(20)28(21)7-9-29(10-8-28,27(33)34-3)31-23-6-4-5-22(30)14-23/h4-6,13-15,18-19,21,31-32H,7-12,16-17H2,1-3H3/t18-,19-,21+,28?,29?/m1/s1. The van der Waals surface area contributed by atoms with Crippen LogP contribution in [0.3, 0.4) is 0 Å². The third kappa shape index (κ3) is 4.43. The van der Waals surface area contributed by atoms with Gasteiger partial charge in [0.1, 0.15) is 18.2 Å². The maximum atomic E-state index is 13.2. The van der Waals surface area contributed by atoms with Gasteiger partial charge in [0, 0.05) is 17.3 Å². The third-order valence-electron chi connectivity index (χ3n) is 8.53. The number of ether oxygens (including phenoxy) is 3. The lowest BCUT2D eigenvalue weighted by Crippen LogP contribution is -2.53. The van der Waals surface area contributed by atoms with Crippen LogP contribution in [0.2, 0.25) is 5.02 Å². The number of benzene rings is 2. The quantitative estimate of drug-likeness (QED) is 0.495. The van der Waals surface area contributed by atoms with Crippen LogP contribution in [0.5, 0.6) is 11.5 Å². The molecule has 2 aromatic rings. The summed E-state index contributed by atoms with van der Waals surface area (Å²) in [6.45, 7) is 4.85. The number of carbonyl (C=O) groups is 1. The highest BCUT2D eigenvalue weighted by Gasteiger charge is 2.54. The number of esters is 1. The fourth-order valence-electron chi connectivity index (χ4n) is 6.67. The van der Waals surface area contributed by atoms with Crippen LogP contribution in [-0.4, -0.2) is 43.0 Å². The van der Waals surface area contributed by atoms with Gasteiger partial charge in [-0.2, -0.15) is 0 Å². The van der Waals surface area contributed by atoms with Gasteiger partial charge in [-0.1, -0.05) is 24.6 Å². The largest absolute Gasteiger partial charge is 0.486 e. The van der Waals surface area contributed by atoms with Gasteiger partial charge in [-0.25, -0.2) is 4.79 Å². The predicted octanol–water partition coefficient (Wildman–Crippen LogP) is 5.53. The maximum absolute atomic E-state index is 13.2. The van der Waals surface area contributed by atoms with Gasteiger partial charge < -0.3 is 24.6 Å². The SMILES string of the molecule is COC(=O)C1(Nc2cccc(Cl)c2)CCC2(CC1)c1cc3c(cc1C[C@@H]2C[C@@H](C)CO)OC[C@@H](C)O3. The van der Waals surface area contributed by atoms with E-state index in [1.54, 1.807) is 0 Å². The molecule has 194 valence electrons. The van der Waals surface area contributed by atoms with Gasteiger partial charge in [0.25, 0.3) is 0 Å². The molecule has 2 N–H and O–H groups in total. The number of fused-ring (bicyclic) bond motifs is 3. The molecule has 7 heteroatoms. The number of methoxy groups -OCH3 is 1. The van der Waals surface area contributed by atoms with E-state index in [-0.39, 0.29) is 30.0 Å². The van der Waals surface area contributed by atoms with Crippen molar-refractivity contribution in [2.24, 2.45) is 11.8 Å². The number of aliphatic hydroxyl groups excluding tert-OH is 1. The van der Waals surface area contributed by atoms with Crippen LogP contribution in [0.4, 0.5) is 5.69 Å². The minimum atomic E-state index is -0.817. The minimum Gasteiger partial charge on any atom is -0.486 e. The van der Waals surface area contributed by atoms with Gasteiger partial charge in [-0.15, -0.1) is 0 Å². The van der Waals surface area contributed by atoms with E-state index in [4.69, 9.17) is 25.8 Å². The zero-order chi connectivity index (χ0) is 25.5. The Kier molecular flexibility index (Phi) is 6.86. The van der Waals surface area contributed by atoms with Crippen molar-refractivity contribution < 1.29 is 24.1 Å². The molecule has 0 amide bonds. The van der Waals surface area contributed by atoms with Gasteiger partial charge in [0.2, 0.25) is 0 Å². The zero-order valence-electron chi connectivity index (χ0n) is 21.3. The van der Waals surface area contributed by atoms with Crippen LogP contribution in [-0.2, 0) is 21.4 Å². The highest BCUT2D eigenvalue weighted by molar-refractivity contribution is 6.30. The third-order valence-corrected chi connectivity index (χ3v) is 8.77. The fourth-order valence-corrected chi connectivity index (χ4v) is 6.86. The number of rotatable bonds is 6. The van der Waals surface area contributed by atoms with Crippen molar-refractivity contribution in [3.05, 3.63) is 52.5 Å². The van der Waals surface area contributed by atoms with Gasteiger partial charge in [-0.05, 0) is 104 Å². The number of nitrogens with one attached hydrogen (secondary N) is 1. The molecule has 0 radical (unpaired) electrons. The lowest BCUT2D eigenvalue weighted by atomic mass is 9.59.